The topological polar surface area (TPSA) is 54.5 Å². The summed E-state index contributed by atoms with van der Waals surface area (Å²) in [7, 11) is 0. The highest BCUT2D eigenvalue weighted by Gasteiger charge is 2.15. The van der Waals surface area contributed by atoms with Gasteiger partial charge in [0.25, 0.3) is 0 Å². The Morgan fingerprint density at radius 3 is 2.43 bits per heavy atom. The molecule has 4 rings (SSSR count). The smallest absolute Gasteiger partial charge is 0.123 e. The molecular weight excluding hydrogens is 351 g/mol. The van der Waals surface area contributed by atoms with Gasteiger partial charge >= 0.3 is 0 Å². The molecule has 0 radical (unpaired) electrons. The summed E-state index contributed by atoms with van der Waals surface area (Å²) in [4.78, 5) is 8.29. The van der Waals surface area contributed by atoms with Crippen molar-refractivity contribution >= 4 is 6.08 Å². The van der Waals surface area contributed by atoms with E-state index in [9.17, 15) is 4.39 Å². The van der Waals surface area contributed by atoms with Crippen LogP contribution in [0.1, 0.15) is 24.1 Å². The van der Waals surface area contributed by atoms with Gasteiger partial charge in [-0.15, -0.1) is 0 Å². The molecule has 138 valence electrons. The van der Waals surface area contributed by atoms with Crippen LogP contribution in [0.3, 0.4) is 0 Å². The molecule has 0 saturated heterocycles. The number of halogens is 1. The van der Waals surface area contributed by atoms with Gasteiger partial charge in [-0.3, -0.25) is 15.1 Å². The van der Waals surface area contributed by atoms with Gasteiger partial charge in [-0.05, 0) is 59.7 Å². The van der Waals surface area contributed by atoms with Crippen molar-refractivity contribution in [2.45, 2.75) is 12.8 Å². The molecule has 3 aromatic heterocycles. The Kier molecular flexibility index (Phi) is 5.06. The van der Waals surface area contributed by atoms with Crippen molar-refractivity contribution in [2.24, 2.45) is 0 Å². The van der Waals surface area contributed by atoms with E-state index in [2.05, 4.69) is 39.2 Å². The van der Waals surface area contributed by atoms with Gasteiger partial charge in [0.05, 0.1) is 5.69 Å². The zero-order chi connectivity index (χ0) is 19.3. The zero-order valence-corrected chi connectivity index (χ0v) is 15.4. The molecule has 28 heavy (non-hydrogen) atoms. The minimum atomic E-state index is -0.268. The summed E-state index contributed by atoms with van der Waals surface area (Å²) >= 11 is 0. The maximum absolute atomic E-state index is 13.3. The highest BCUT2D eigenvalue weighted by Crippen LogP contribution is 2.34. The van der Waals surface area contributed by atoms with Crippen molar-refractivity contribution in [1.82, 2.24) is 20.2 Å². The van der Waals surface area contributed by atoms with Crippen LogP contribution >= 0.6 is 0 Å². The molecule has 4 aromatic rings. The number of nitrogens with zero attached hydrogens (tertiary/aromatic N) is 3. The average molecular weight is 370 g/mol. The van der Waals surface area contributed by atoms with Crippen LogP contribution in [0, 0.1) is 5.82 Å². The van der Waals surface area contributed by atoms with Gasteiger partial charge in [0.1, 0.15) is 11.5 Å². The Labute approximate surface area is 162 Å². The summed E-state index contributed by atoms with van der Waals surface area (Å²) in [6.07, 6.45) is 11.3. The van der Waals surface area contributed by atoms with Gasteiger partial charge in [-0.25, -0.2) is 4.39 Å². The summed E-state index contributed by atoms with van der Waals surface area (Å²) in [5.74, 6) is -0.0632. The van der Waals surface area contributed by atoms with E-state index in [1.54, 1.807) is 30.7 Å². The number of aromatic amines is 1. The van der Waals surface area contributed by atoms with E-state index in [0.29, 0.717) is 0 Å². The second-order valence-corrected chi connectivity index (χ2v) is 6.54. The number of hydrogen-bond acceptors (Lipinski definition) is 3. The number of aromatic nitrogens is 4. The van der Waals surface area contributed by atoms with Crippen molar-refractivity contribution < 1.29 is 4.39 Å². The zero-order valence-electron chi connectivity index (χ0n) is 15.4. The summed E-state index contributed by atoms with van der Waals surface area (Å²) in [5.41, 5.74) is 5.62. The number of benzene rings is 1. The van der Waals surface area contributed by atoms with Gasteiger partial charge in [0.15, 0.2) is 0 Å². The highest BCUT2D eigenvalue weighted by molar-refractivity contribution is 5.86. The maximum atomic E-state index is 13.3. The molecule has 0 amide bonds. The fraction of sp³-hybridized carbons (Fsp3) is 0.0870. The molecular formula is C23H19FN4. The third-order valence-corrected chi connectivity index (χ3v) is 4.64. The third kappa shape index (κ3) is 3.74. The molecule has 0 fully saturated rings. The normalized spacial score (nSPS) is 12.4. The fourth-order valence-electron chi connectivity index (χ4n) is 3.10. The van der Waals surface area contributed by atoms with Crippen LogP contribution in [-0.4, -0.2) is 20.2 Å². The average Bonchev–Trinajstić information content (AvgIpc) is 3.17. The Bertz CT molecular complexity index is 1070. The summed E-state index contributed by atoms with van der Waals surface area (Å²) in [5, 5.41) is 7.64. The Morgan fingerprint density at radius 1 is 0.929 bits per heavy atom. The van der Waals surface area contributed by atoms with Crippen molar-refractivity contribution in [3.8, 4) is 22.4 Å². The molecule has 0 aliphatic rings. The number of allylic oxidation sites excluding steroid dienone is 1. The first-order valence-electron chi connectivity index (χ1n) is 9.05. The second kappa shape index (κ2) is 7.96. The quantitative estimate of drug-likeness (QED) is 0.505. The van der Waals surface area contributed by atoms with Crippen LogP contribution in [-0.2, 0) is 0 Å². The van der Waals surface area contributed by atoms with Crippen molar-refractivity contribution in [3.63, 3.8) is 0 Å². The van der Waals surface area contributed by atoms with Crippen LogP contribution in [0.15, 0.2) is 79.4 Å². The molecule has 1 atom stereocenters. The van der Waals surface area contributed by atoms with E-state index in [1.807, 2.05) is 30.5 Å². The molecule has 0 saturated carbocycles. The van der Waals surface area contributed by atoms with E-state index < -0.39 is 0 Å². The van der Waals surface area contributed by atoms with Gasteiger partial charge in [-0.1, -0.05) is 19.1 Å². The Morgan fingerprint density at radius 2 is 1.71 bits per heavy atom. The number of nitrogens with one attached hydrogen (secondary N) is 1. The van der Waals surface area contributed by atoms with Crippen LogP contribution < -0.4 is 0 Å². The Hall–Kier alpha value is -3.60. The first-order valence-corrected chi connectivity index (χ1v) is 9.05. The van der Waals surface area contributed by atoms with Crippen molar-refractivity contribution in [1.29, 1.82) is 0 Å². The van der Waals surface area contributed by atoms with E-state index in [1.165, 1.54) is 12.1 Å². The third-order valence-electron chi connectivity index (χ3n) is 4.64. The molecule has 0 spiro atoms. The predicted molar refractivity (Wildman–Crippen MR) is 109 cm³/mol. The summed E-state index contributed by atoms with van der Waals surface area (Å²) < 4.78 is 13.3. The first kappa shape index (κ1) is 17.8. The summed E-state index contributed by atoms with van der Waals surface area (Å²) in [6, 6.07) is 14.2. The van der Waals surface area contributed by atoms with Crippen LogP contribution in [0.2, 0.25) is 0 Å². The van der Waals surface area contributed by atoms with Gasteiger partial charge in [-0.2, -0.15) is 5.10 Å². The monoisotopic (exact) mass is 370 g/mol. The SMILES string of the molecule is CC(C=Cc1[nH]nc(-c2ccc(F)cc2)c1-c1ccncc1)c1cccnc1. The fourth-order valence-corrected chi connectivity index (χ4v) is 3.10. The van der Waals surface area contributed by atoms with Gasteiger partial charge in [0, 0.05) is 41.8 Å². The Balaban J connectivity index is 1.75. The second-order valence-electron chi connectivity index (χ2n) is 6.54. The molecule has 0 aliphatic heterocycles. The maximum Gasteiger partial charge on any atom is 0.123 e. The highest BCUT2D eigenvalue weighted by atomic mass is 19.1. The lowest BCUT2D eigenvalue weighted by atomic mass is 9.98. The molecule has 1 N–H and O–H groups in total. The number of pyridine rings is 2. The molecule has 5 heteroatoms. The molecule has 4 nitrogen and oxygen atoms in total. The molecule has 0 aliphatic carbocycles. The lowest BCUT2D eigenvalue weighted by molar-refractivity contribution is 0.628. The first-order chi connectivity index (χ1) is 13.7. The van der Waals surface area contributed by atoms with E-state index in [-0.39, 0.29) is 11.7 Å². The van der Waals surface area contributed by atoms with E-state index >= 15 is 0 Å². The lowest BCUT2D eigenvalue weighted by Gasteiger charge is -2.07. The molecule has 1 aromatic carbocycles. The number of rotatable bonds is 5. The largest absolute Gasteiger partial charge is 0.277 e. The van der Waals surface area contributed by atoms with Crippen LogP contribution in [0.4, 0.5) is 4.39 Å². The standard InChI is InChI=1S/C23H19FN4/c1-16(19-3-2-12-26-15-19)4-9-21-22(17-10-13-25-14-11-17)23(28-27-21)18-5-7-20(24)8-6-18/h2-16H,1H3,(H,27,28). The van der Waals surface area contributed by atoms with E-state index in [0.717, 1.165) is 33.6 Å². The van der Waals surface area contributed by atoms with Gasteiger partial charge in [0.2, 0.25) is 0 Å². The lowest BCUT2D eigenvalue weighted by Crippen LogP contribution is -1.90. The van der Waals surface area contributed by atoms with Crippen molar-refractivity contribution in [3.05, 3.63) is 96.5 Å². The molecule has 3 heterocycles. The van der Waals surface area contributed by atoms with Crippen LogP contribution in [0.25, 0.3) is 28.5 Å². The minimum absolute atomic E-state index is 0.205. The van der Waals surface area contributed by atoms with E-state index in [4.69, 9.17) is 0 Å². The van der Waals surface area contributed by atoms with Crippen molar-refractivity contribution in [2.75, 3.05) is 0 Å². The summed E-state index contributed by atoms with van der Waals surface area (Å²) in [6.45, 7) is 2.12. The molecule has 0 bridgehead atoms. The molecule has 1 unspecified atom stereocenters. The van der Waals surface area contributed by atoms with Gasteiger partial charge < -0.3 is 0 Å². The van der Waals surface area contributed by atoms with Crippen LogP contribution in [0.5, 0.6) is 0 Å². The number of H-pyrrole nitrogens is 1. The predicted octanol–water partition coefficient (Wildman–Crippen LogP) is 5.49. The number of hydrogen-bond donors (Lipinski definition) is 1. The minimum Gasteiger partial charge on any atom is -0.277 e.